The summed E-state index contributed by atoms with van der Waals surface area (Å²) in [6, 6.07) is 8.43. The third kappa shape index (κ3) is 5.10. The molecule has 0 fully saturated rings. The second kappa shape index (κ2) is 7.20. The van der Waals surface area contributed by atoms with Crippen molar-refractivity contribution in [3.63, 3.8) is 0 Å². The van der Waals surface area contributed by atoms with Crippen LogP contribution in [0.25, 0.3) is 6.08 Å². The molecule has 0 atom stereocenters. The molecule has 0 aliphatic carbocycles. The Balaban J connectivity index is 2.19. The Kier molecular flexibility index (Phi) is 5.83. The quantitative estimate of drug-likeness (QED) is 0.653. The molecule has 0 spiro atoms. The number of rotatable bonds is 7. The first-order valence-corrected chi connectivity index (χ1v) is 5.66. The minimum absolute atomic E-state index is 0.793. The van der Waals surface area contributed by atoms with Gasteiger partial charge in [-0.2, -0.15) is 0 Å². The SMILES string of the molecule is C=Cc1ccc(CCOCCN(C)C)cc1. The summed E-state index contributed by atoms with van der Waals surface area (Å²) >= 11 is 0. The Hall–Kier alpha value is -1.12. The molecule has 1 aromatic carbocycles. The summed E-state index contributed by atoms with van der Waals surface area (Å²) < 4.78 is 5.54. The van der Waals surface area contributed by atoms with Crippen molar-refractivity contribution in [2.45, 2.75) is 6.42 Å². The van der Waals surface area contributed by atoms with E-state index < -0.39 is 0 Å². The molecule has 0 radical (unpaired) electrons. The van der Waals surface area contributed by atoms with Gasteiger partial charge in [0.25, 0.3) is 0 Å². The maximum absolute atomic E-state index is 5.54. The Morgan fingerprint density at radius 2 is 1.88 bits per heavy atom. The summed E-state index contributed by atoms with van der Waals surface area (Å²) in [7, 11) is 4.11. The van der Waals surface area contributed by atoms with E-state index in [2.05, 4.69) is 49.8 Å². The zero-order valence-electron chi connectivity index (χ0n) is 10.3. The van der Waals surface area contributed by atoms with Gasteiger partial charge in [0.2, 0.25) is 0 Å². The Morgan fingerprint density at radius 1 is 1.19 bits per heavy atom. The second-order valence-electron chi connectivity index (χ2n) is 4.11. The van der Waals surface area contributed by atoms with Gasteiger partial charge in [0, 0.05) is 6.54 Å². The zero-order valence-corrected chi connectivity index (χ0v) is 10.3. The highest BCUT2D eigenvalue weighted by Gasteiger charge is 1.94. The van der Waals surface area contributed by atoms with Crippen molar-refractivity contribution in [1.82, 2.24) is 4.90 Å². The predicted octanol–water partition coefficient (Wildman–Crippen LogP) is 2.45. The number of nitrogens with zero attached hydrogens (tertiary/aromatic N) is 1. The molecular formula is C14H21NO. The fraction of sp³-hybridized carbons (Fsp3) is 0.429. The number of hydrogen-bond acceptors (Lipinski definition) is 2. The lowest BCUT2D eigenvalue weighted by Gasteiger charge is -2.09. The van der Waals surface area contributed by atoms with Gasteiger partial charge >= 0.3 is 0 Å². The molecular weight excluding hydrogens is 198 g/mol. The van der Waals surface area contributed by atoms with Crippen LogP contribution in [-0.4, -0.2) is 38.8 Å². The highest BCUT2D eigenvalue weighted by molar-refractivity contribution is 5.47. The summed E-state index contributed by atoms with van der Waals surface area (Å²) in [4.78, 5) is 2.12. The number of ether oxygens (including phenoxy) is 1. The van der Waals surface area contributed by atoms with Gasteiger partial charge in [0.05, 0.1) is 13.2 Å². The van der Waals surface area contributed by atoms with E-state index in [9.17, 15) is 0 Å². The lowest BCUT2D eigenvalue weighted by Crippen LogP contribution is -2.18. The Labute approximate surface area is 98.5 Å². The third-order valence-corrected chi connectivity index (χ3v) is 2.43. The molecule has 0 aliphatic heterocycles. The Morgan fingerprint density at radius 3 is 2.44 bits per heavy atom. The molecule has 0 aromatic heterocycles. The average molecular weight is 219 g/mol. The van der Waals surface area contributed by atoms with Crippen LogP contribution in [0.4, 0.5) is 0 Å². The van der Waals surface area contributed by atoms with Crippen molar-refractivity contribution in [2.75, 3.05) is 33.9 Å². The average Bonchev–Trinajstić information content (AvgIpc) is 2.29. The van der Waals surface area contributed by atoms with Crippen molar-refractivity contribution in [1.29, 1.82) is 0 Å². The van der Waals surface area contributed by atoms with Crippen LogP contribution in [0.2, 0.25) is 0 Å². The van der Waals surface area contributed by atoms with E-state index in [1.54, 1.807) is 0 Å². The molecule has 0 amide bonds. The molecule has 0 unspecified atom stereocenters. The second-order valence-corrected chi connectivity index (χ2v) is 4.11. The first-order chi connectivity index (χ1) is 7.72. The normalized spacial score (nSPS) is 10.7. The predicted molar refractivity (Wildman–Crippen MR) is 69.6 cm³/mol. The van der Waals surface area contributed by atoms with E-state index in [0.29, 0.717) is 0 Å². The largest absolute Gasteiger partial charge is 0.380 e. The summed E-state index contributed by atoms with van der Waals surface area (Å²) in [5, 5.41) is 0. The van der Waals surface area contributed by atoms with E-state index in [0.717, 1.165) is 31.7 Å². The smallest absolute Gasteiger partial charge is 0.0593 e. The number of hydrogen-bond donors (Lipinski definition) is 0. The summed E-state index contributed by atoms with van der Waals surface area (Å²) in [6.07, 6.45) is 2.84. The van der Waals surface area contributed by atoms with Crippen molar-refractivity contribution in [3.05, 3.63) is 42.0 Å². The third-order valence-electron chi connectivity index (χ3n) is 2.43. The van der Waals surface area contributed by atoms with E-state index >= 15 is 0 Å². The lowest BCUT2D eigenvalue weighted by molar-refractivity contribution is 0.120. The van der Waals surface area contributed by atoms with Crippen LogP contribution in [0.3, 0.4) is 0 Å². The fourth-order valence-electron chi connectivity index (χ4n) is 1.36. The van der Waals surface area contributed by atoms with Gasteiger partial charge in [0.15, 0.2) is 0 Å². The van der Waals surface area contributed by atoms with Crippen molar-refractivity contribution in [3.8, 4) is 0 Å². The van der Waals surface area contributed by atoms with Crippen LogP contribution in [0.15, 0.2) is 30.8 Å². The molecule has 2 nitrogen and oxygen atoms in total. The minimum atomic E-state index is 0.793. The topological polar surface area (TPSA) is 12.5 Å². The molecule has 88 valence electrons. The summed E-state index contributed by atoms with van der Waals surface area (Å²) in [5.41, 5.74) is 2.48. The van der Waals surface area contributed by atoms with Crippen LogP contribution < -0.4 is 0 Å². The van der Waals surface area contributed by atoms with Gasteiger partial charge in [-0.05, 0) is 31.6 Å². The minimum Gasteiger partial charge on any atom is -0.380 e. The molecule has 16 heavy (non-hydrogen) atoms. The molecule has 0 aliphatic rings. The van der Waals surface area contributed by atoms with Gasteiger partial charge in [-0.1, -0.05) is 36.9 Å². The molecule has 0 bridgehead atoms. The van der Waals surface area contributed by atoms with Crippen molar-refractivity contribution < 1.29 is 4.74 Å². The van der Waals surface area contributed by atoms with E-state index in [1.807, 2.05) is 6.08 Å². The molecule has 0 N–H and O–H groups in total. The first-order valence-electron chi connectivity index (χ1n) is 5.66. The van der Waals surface area contributed by atoms with E-state index in [1.165, 1.54) is 5.56 Å². The Bertz CT molecular complexity index is 303. The van der Waals surface area contributed by atoms with Gasteiger partial charge in [-0.25, -0.2) is 0 Å². The van der Waals surface area contributed by atoms with Crippen LogP contribution in [0.1, 0.15) is 11.1 Å². The van der Waals surface area contributed by atoms with Crippen molar-refractivity contribution in [2.24, 2.45) is 0 Å². The van der Waals surface area contributed by atoms with Gasteiger partial charge in [0.1, 0.15) is 0 Å². The van der Waals surface area contributed by atoms with Gasteiger partial charge < -0.3 is 9.64 Å². The monoisotopic (exact) mass is 219 g/mol. The highest BCUT2D eigenvalue weighted by Crippen LogP contribution is 2.06. The van der Waals surface area contributed by atoms with Crippen LogP contribution in [0, 0.1) is 0 Å². The van der Waals surface area contributed by atoms with Crippen LogP contribution in [0.5, 0.6) is 0 Å². The fourth-order valence-corrected chi connectivity index (χ4v) is 1.36. The highest BCUT2D eigenvalue weighted by atomic mass is 16.5. The molecule has 2 heteroatoms. The molecule has 1 rings (SSSR count). The number of likely N-dealkylation sites (N-methyl/N-ethyl adjacent to an activating group) is 1. The molecule has 0 heterocycles. The van der Waals surface area contributed by atoms with Gasteiger partial charge in [-0.15, -0.1) is 0 Å². The first kappa shape index (κ1) is 12.9. The van der Waals surface area contributed by atoms with E-state index in [4.69, 9.17) is 4.74 Å². The summed E-state index contributed by atoms with van der Waals surface area (Å²) in [6.45, 7) is 6.31. The molecule has 1 aromatic rings. The van der Waals surface area contributed by atoms with Crippen LogP contribution in [-0.2, 0) is 11.2 Å². The van der Waals surface area contributed by atoms with E-state index in [-0.39, 0.29) is 0 Å². The standard InChI is InChI=1S/C14H21NO/c1-4-13-5-7-14(8-6-13)9-11-16-12-10-15(2)3/h4-8H,1,9-12H2,2-3H3. The number of benzene rings is 1. The summed E-state index contributed by atoms with van der Waals surface area (Å²) in [5.74, 6) is 0. The maximum Gasteiger partial charge on any atom is 0.0593 e. The maximum atomic E-state index is 5.54. The lowest BCUT2D eigenvalue weighted by atomic mass is 10.1. The van der Waals surface area contributed by atoms with Gasteiger partial charge in [-0.3, -0.25) is 0 Å². The molecule has 0 saturated carbocycles. The van der Waals surface area contributed by atoms with Crippen molar-refractivity contribution >= 4 is 6.08 Å². The zero-order chi connectivity index (χ0) is 11.8. The van der Waals surface area contributed by atoms with Crippen LogP contribution >= 0.6 is 0 Å². The molecule has 0 saturated heterocycles.